The molecule has 4 rings (SSSR count). The molecule has 1 N–H and O–H groups in total. The molecule has 146 valence electrons. The molecule has 2 aromatic carbocycles. The molecule has 3 aromatic rings. The molecule has 4 nitrogen and oxygen atoms in total. The van der Waals surface area contributed by atoms with E-state index in [1.54, 1.807) is 11.3 Å². The van der Waals surface area contributed by atoms with Gasteiger partial charge in [0.05, 0.1) is 10.2 Å². The number of thiazole rings is 1. The van der Waals surface area contributed by atoms with E-state index in [0.717, 1.165) is 42.1 Å². The fourth-order valence-electron chi connectivity index (χ4n) is 3.76. The van der Waals surface area contributed by atoms with Crippen LogP contribution < -0.4 is 10.2 Å². The van der Waals surface area contributed by atoms with Crippen LogP contribution in [-0.2, 0) is 11.3 Å². The topological polar surface area (TPSA) is 45.2 Å². The van der Waals surface area contributed by atoms with Gasteiger partial charge in [-0.05, 0) is 61.6 Å². The smallest absolute Gasteiger partial charge is 0.223 e. The summed E-state index contributed by atoms with van der Waals surface area (Å²) in [5.74, 6) is 0.215. The number of hydrogen-bond acceptors (Lipinski definition) is 4. The average Bonchev–Trinajstić information content (AvgIpc) is 3.12. The highest BCUT2D eigenvalue weighted by atomic mass is 35.5. The zero-order valence-corrected chi connectivity index (χ0v) is 17.7. The number of hydrogen-bond donors (Lipinski definition) is 1. The molecule has 0 spiro atoms. The molecular formula is C22H24ClN3OS. The van der Waals surface area contributed by atoms with Crippen molar-refractivity contribution in [2.45, 2.75) is 33.2 Å². The number of piperidine rings is 1. The van der Waals surface area contributed by atoms with Crippen LogP contribution >= 0.6 is 22.9 Å². The highest BCUT2D eigenvalue weighted by molar-refractivity contribution is 7.22. The summed E-state index contributed by atoms with van der Waals surface area (Å²) in [7, 11) is 0. The lowest BCUT2D eigenvalue weighted by molar-refractivity contribution is -0.125. The molecule has 1 saturated heterocycles. The number of halogens is 1. The van der Waals surface area contributed by atoms with Gasteiger partial charge in [-0.1, -0.05) is 41.1 Å². The Kier molecular flexibility index (Phi) is 5.56. The lowest BCUT2D eigenvalue weighted by Crippen LogP contribution is -2.40. The van der Waals surface area contributed by atoms with Crippen molar-refractivity contribution in [3.05, 3.63) is 58.1 Å². The maximum absolute atomic E-state index is 12.5. The fourth-order valence-corrected chi connectivity index (χ4v) is 5.08. The zero-order chi connectivity index (χ0) is 19.7. The standard InChI is InChI=1S/C22H24ClN3OS/c1-14-11-15(2)20-19(12-14)28-22(25-20)26-9-7-17(8-10-26)21(27)24-13-16-3-5-18(23)6-4-16/h3-6,11-12,17H,7-10,13H2,1-2H3,(H,24,27). The van der Waals surface area contributed by atoms with Gasteiger partial charge in [-0.2, -0.15) is 0 Å². The van der Waals surface area contributed by atoms with E-state index in [1.165, 1.54) is 15.8 Å². The van der Waals surface area contributed by atoms with E-state index < -0.39 is 0 Å². The molecular weight excluding hydrogens is 390 g/mol. The van der Waals surface area contributed by atoms with Gasteiger partial charge >= 0.3 is 0 Å². The first kappa shape index (κ1) is 19.2. The average molecular weight is 414 g/mol. The summed E-state index contributed by atoms with van der Waals surface area (Å²) in [6.45, 7) is 6.54. The van der Waals surface area contributed by atoms with Gasteiger partial charge in [0.1, 0.15) is 0 Å². The minimum atomic E-state index is 0.0712. The first-order valence-corrected chi connectivity index (χ1v) is 10.8. The Bertz CT molecular complexity index is 991. The number of carbonyl (C=O) groups is 1. The Morgan fingerprint density at radius 2 is 1.93 bits per heavy atom. The van der Waals surface area contributed by atoms with Crippen molar-refractivity contribution in [3.8, 4) is 0 Å². The number of nitrogens with zero attached hydrogens (tertiary/aromatic N) is 2. The lowest BCUT2D eigenvalue weighted by Gasteiger charge is -2.31. The summed E-state index contributed by atoms with van der Waals surface area (Å²) < 4.78 is 1.25. The normalized spacial score (nSPS) is 15.2. The van der Waals surface area contributed by atoms with Crippen LogP contribution in [-0.4, -0.2) is 24.0 Å². The Labute approximate surface area is 174 Å². The number of amides is 1. The highest BCUT2D eigenvalue weighted by Crippen LogP contribution is 2.33. The first-order chi connectivity index (χ1) is 13.5. The minimum Gasteiger partial charge on any atom is -0.352 e. The van der Waals surface area contributed by atoms with Gasteiger partial charge in [-0.25, -0.2) is 4.98 Å². The summed E-state index contributed by atoms with van der Waals surface area (Å²) in [6, 6.07) is 12.0. The van der Waals surface area contributed by atoms with E-state index in [4.69, 9.17) is 16.6 Å². The lowest BCUT2D eigenvalue weighted by atomic mass is 9.96. The second kappa shape index (κ2) is 8.10. The van der Waals surface area contributed by atoms with Gasteiger partial charge in [0.15, 0.2) is 5.13 Å². The maximum atomic E-state index is 12.5. The number of benzene rings is 2. The molecule has 1 amide bonds. The first-order valence-electron chi connectivity index (χ1n) is 9.64. The Morgan fingerprint density at radius 1 is 1.21 bits per heavy atom. The van der Waals surface area contributed by atoms with Crippen molar-refractivity contribution in [3.63, 3.8) is 0 Å². The van der Waals surface area contributed by atoms with Crippen molar-refractivity contribution in [2.24, 2.45) is 5.92 Å². The largest absolute Gasteiger partial charge is 0.352 e. The van der Waals surface area contributed by atoms with Crippen molar-refractivity contribution in [1.29, 1.82) is 0 Å². The molecule has 0 radical (unpaired) electrons. The van der Waals surface area contributed by atoms with Crippen LogP contribution in [0.25, 0.3) is 10.2 Å². The third-order valence-electron chi connectivity index (χ3n) is 5.33. The molecule has 0 aliphatic carbocycles. The molecule has 2 heterocycles. The van der Waals surface area contributed by atoms with Crippen molar-refractivity contribution in [1.82, 2.24) is 10.3 Å². The molecule has 6 heteroatoms. The van der Waals surface area contributed by atoms with E-state index in [2.05, 4.69) is 36.2 Å². The van der Waals surface area contributed by atoms with Crippen LogP contribution in [0.2, 0.25) is 5.02 Å². The predicted octanol–water partition coefficient (Wildman–Crippen LogP) is 5.10. The Balaban J connectivity index is 1.34. The quantitative estimate of drug-likeness (QED) is 0.647. The van der Waals surface area contributed by atoms with Crippen molar-refractivity contribution >= 4 is 44.2 Å². The summed E-state index contributed by atoms with van der Waals surface area (Å²) in [6.07, 6.45) is 1.72. The Morgan fingerprint density at radius 3 is 2.64 bits per heavy atom. The van der Waals surface area contributed by atoms with Gasteiger partial charge in [0.2, 0.25) is 5.91 Å². The highest BCUT2D eigenvalue weighted by Gasteiger charge is 2.26. The van der Waals surface area contributed by atoms with Crippen LogP contribution in [0.5, 0.6) is 0 Å². The molecule has 0 saturated carbocycles. The Hall–Kier alpha value is -2.11. The number of carbonyl (C=O) groups excluding carboxylic acids is 1. The zero-order valence-electron chi connectivity index (χ0n) is 16.2. The van der Waals surface area contributed by atoms with Crippen molar-refractivity contribution in [2.75, 3.05) is 18.0 Å². The molecule has 0 atom stereocenters. The molecule has 0 bridgehead atoms. The second-order valence-electron chi connectivity index (χ2n) is 7.53. The SMILES string of the molecule is Cc1cc(C)c2nc(N3CCC(C(=O)NCc4ccc(Cl)cc4)CC3)sc2c1. The van der Waals surface area contributed by atoms with Crippen LogP contribution in [0.15, 0.2) is 36.4 Å². The third-order valence-corrected chi connectivity index (χ3v) is 6.65. The number of fused-ring (bicyclic) bond motifs is 1. The second-order valence-corrected chi connectivity index (χ2v) is 8.98. The predicted molar refractivity (Wildman–Crippen MR) is 117 cm³/mol. The number of nitrogens with one attached hydrogen (secondary N) is 1. The van der Waals surface area contributed by atoms with Gasteiger partial charge in [-0.15, -0.1) is 0 Å². The summed E-state index contributed by atoms with van der Waals surface area (Å²) in [4.78, 5) is 19.7. The molecule has 1 fully saturated rings. The third kappa shape index (κ3) is 4.15. The van der Waals surface area contributed by atoms with Gasteiger partial charge < -0.3 is 10.2 Å². The fraction of sp³-hybridized carbons (Fsp3) is 0.364. The van der Waals surface area contributed by atoms with Crippen LogP contribution in [0.3, 0.4) is 0 Å². The molecule has 28 heavy (non-hydrogen) atoms. The maximum Gasteiger partial charge on any atom is 0.223 e. The van der Waals surface area contributed by atoms with Crippen LogP contribution in [0, 0.1) is 19.8 Å². The summed E-state index contributed by atoms with van der Waals surface area (Å²) in [5, 5.41) is 4.85. The molecule has 0 unspecified atom stereocenters. The van der Waals surface area contributed by atoms with Gasteiger partial charge in [0, 0.05) is 30.6 Å². The molecule has 1 aliphatic heterocycles. The number of anilines is 1. The summed E-state index contributed by atoms with van der Waals surface area (Å²) >= 11 is 7.66. The summed E-state index contributed by atoms with van der Waals surface area (Å²) in [5.41, 5.74) is 4.67. The van der Waals surface area contributed by atoms with E-state index >= 15 is 0 Å². The van der Waals surface area contributed by atoms with E-state index in [-0.39, 0.29) is 11.8 Å². The van der Waals surface area contributed by atoms with Gasteiger partial charge in [0.25, 0.3) is 0 Å². The molecule has 1 aliphatic rings. The monoisotopic (exact) mass is 413 g/mol. The molecule has 1 aromatic heterocycles. The van der Waals surface area contributed by atoms with E-state index in [9.17, 15) is 4.79 Å². The van der Waals surface area contributed by atoms with Crippen LogP contribution in [0.4, 0.5) is 5.13 Å². The van der Waals surface area contributed by atoms with Crippen molar-refractivity contribution < 1.29 is 4.79 Å². The number of rotatable bonds is 4. The van der Waals surface area contributed by atoms with E-state index in [0.29, 0.717) is 11.6 Å². The van der Waals surface area contributed by atoms with Gasteiger partial charge in [-0.3, -0.25) is 4.79 Å². The minimum absolute atomic E-state index is 0.0712. The van der Waals surface area contributed by atoms with Crippen LogP contribution in [0.1, 0.15) is 29.5 Å². The number of aromatic nitrogens is 1. The number of aryl methyl sites for hydroxylation is 2. The van der Waals surface area contributed by atoms with E-state index in [1.807, 2.05) is 24.3 Å².